The summed E-state index contributed by atoms with van der Waals surface area (Å²) < 4.78 is 5.30. The molecule has 7 nitrogen and oxygen atoms in total. The minimum atomic E-state index is -0.950. The molecule has 146 valence electrons. The number of thioether (sulfide) groups is 1. The van der Waals surface area contributed by atoms with Gasteiger partial charge in [-0.05, 0) is 51.1 Å². The highest BCUT2D eigenvalue weighted by molar-refractivity contribution is 8.00. The SMILES string of the molecule is Cc1ccc(S[C@H](C)C(=O)O[C@H](C)C(=O)Nc2ccc3[nH]c(=O)[nH]c3c2)cc1. The second-order valence-electron chi connectivity index (χ2n) is 6.48. The number of carbonyl (C=O) groups is 2. The Morgan fingerprint density at radius 1 is 1.04 bits per heavy atom. The highest BCUT2D eigenvalue weighted by Gasteiger charge is 2.23. The molecule has 0 aliphatic carbocycles. The number of carbonyl (C=O) groups excluding carboxylic acids is 2. The Labute approximate surface area is 165 Å². The fraction of sp³-hybridized carbons (Fsp3) is 0.250. The molecule has 0 bridgehead atoms. The van der Waals surface area contributed by atoms with E-state index in [0.717, 1.165) is 10.5 Å². The summed E-state index contributed by atoms with van der Waals surface area (Å²) in [5.74, 6) is -0.906. The van der Waals surface area contributed by atoms with Crippen LogP contribution in [0.2, 0.25) is 0 Å². The van der Waals surface area contributed by atoms with Crippen LogP contribution in [0.1, 0.15) is 19.4 Å². The number of H-pyrrole nitrogens is 2. The lowest BCUT2D eigenvalue weighted by Gasteiger charge is -2.16. The second-order valence-corrected chi connectivity index (χ2v) is 7.90. The second kappa shape index (κ2) is 8.35. The first-order valence-corrected chi connectivity index (χ1v) is 9.66. The highest BCUT2D eigenvalue weighted by atomic mass is 32.2. The topological polar surface area (TPSA) is 104 Å². The third kappa shape index (κ3) is 4.83. The van der Waals surface area contributed by atoms with Gasteiger partial charge in [-0.25, -0.2) is 4.79 Å². The number of aromatic nitrogens is 2. The average Bonchev–Trinajstić information content (AvgIpc) is 3.02. The van der Waals surface area contributed by atoms with Crippen LogP contribution in [0.5, 0.6) is 0 Å². The smallest absolute Gasteiger partial charge is 0.323 e. The van der Waals surface area contributed by atoms with Crippen LogP contribution in [0.25, 0.3) is 11.0 Å². The van der Waals surface area contributed by atoms with Crippen molar-refractivity contribution in [1.29, 1.82) is 0 Å². The molecule has 0 aliphatic rings. The Balaban J connectivity index is 1.56. The monoisotopic (exact) mass is 399 g/mol. The Morgan fingerprint density at radius 2 is 1.71 bits per heavy atom. The zero-order valence-electron chi connectivity index (χ0n) is 15.7. The van der Waals surface area contributed by atoms with Gasteiger partial charge in [0.25, 0.3) is 5.91 Å². The molecule has 0 fully saturated rings. The van der Waals surface area contributed by atoms with Gasteiger partial charge >= 0.3 is 11.7 Å². The number of anilines is 1. The number of amides is 1. The van der Waals surface area contributed by atoms with Gasteiger partial charge in [0.05, 0.1) is 11.0 Å². The van der Waals surface area contributed by atoms with E-state index in [-0.39, 0.29) is 5.69 Å². The van der Waals surface area contributed by atoms with Crippen molar-refractivity contribution in [2.24, 2.45) is 0 Å². The maximum Gasteiger partial charge on any atom is 0.323 e. The van der Waals surface area contributed by atoms with Gasteiger partial charge in [0, 0.05) is 10.6 Å². The van der Waals surface area contributed by atoms with Crippen LogP contribution >= 0.6 is 11.8 Å². The number of ether oxygens (including phenoxy) is 1. The number of rotatable bonds is 6. The number of aryl methyl sites for hydroxylation is 1. The molecule has 28 heavy (non-hydrogen) atoms. The fourth-order valence-corrected chi connectivity index (χ4v) is 3.40. The van der Waals surface area contributed by atoms with Crippen molar-refractivity contribution in [3.8, 4) is 0 Å². The van der Waals surface area contributed by atoms with Gasteiger partial charge in [0.15, 0.2) is 6.10 Å². The van der Waals surface area contributed by atoms with Gasteiger partial charge in [0.1, 0.15) is 5.25 Å². The number of nitrogens with one attached hydrogen (secondary N) is 3. The quantitative estimate of drug-likeness (QED) is 0.436. The number of benzene rings is 2. The van der Waals surface area contributed by atoms with E-state index in [1.54, 1.807) is 25.1 Å². The van der Waals surface area contributed by atoms with E-state index in [1.807, 2.05) is 31.2 Å². The largest absolute Gasteiger partial charge is 0.452 e. The van der Waals surface area contributed by atoms with E-state index in [0.29, 0.717) is 16.7 Å². The van der Waals surface area contributed by atoms with Crippen LogP contribution in [-0.2, 0) is 14.3 Å². The summed E-state index contributed by atoms with van der Waals surface area (Å²) in [5, 5.41) is 2.24. The summed E-state index contributed by atoms with van der Waals surface area (Å²) in [4.78, 5) is 42.1. The molecule has 2 atom stereocenters. The number of imidazole rings is 1. The summed E-state index contributed by atoms with van der Waals surface area (Å²) in [6, 6.07) is 12.8. The molecule has 8 heteroatoms. The Hall–Kier alpha value is -3.00. The third-order valence-corrected chi connectivity index (χ3v) is 5.20. The number of hydrogen-bond acceptors (Lipinski definition) is 5. The molecule has 0 saturated carbocycles. The van der Waals surface area contributed by atoms with Crippen LogP contribution in [0.4, 0.5) is 5.69 Å². The molecule has 3 rings (SSSR count). The average molecular weight is 399 g/mol. The maximum atomic E-state index is 12.3. The van der Waals surface area contributed by atoms with Gasteiger partial charge in [-0.3, -0.25) is 9.59 Å². The van der Waals surface area contributed by atoms with Crippen LogP contribution in [0, 0.1) is 6.92 Å². The number of aromatic amines is 2. The van der Waals surface area contributed by atoms with Crippen LogP contribution in [0.3, 0.4) is 0 Å². The summed E-state index contributed by atoms with van der Waals surface area (Å²) in [7, 11) is 0. The molecule has 3 aromatic rings. The lowest BCUT2D eigenvalue weighted by Crippen LogP contribution is -2.32. The predicted molar refractivity (Wildman–Crippen MR) is 110 cm³/mol. The van der Waals surface area contributed by atoms with E-state index in [9.17, 15) is 14.4 Å². The molecule has 0 radical (unpaired) electrons. The molecule has 0 unspecified atom stereocenters. The van der Waals surface area contributed by atoms with E-state index >= 15 is 0 Å². The van der Waals surface area contributed by atoms with Crippen molar-refractivity contribution in [3.05, 3.63) is 58.5 Å². The Kier molecular flexibility index (Phi) is 5.89. The van der Waals surface area contributed by atoms with Gasteiger partial charge in [-0.1, -0.05) is 17.7 Å². The standard InChI is InChI=1S/C20H21N3O4S/c1-11-4-7-15(8-5-11)28-13(3)19(25)27-12(2)18(24)21-14-6-9-16-17(10-14)23-20(26)22-16/h4-10,12-13H,1-3H3,(H,21,24)(H2,22,23,26)/t12-,13-/m1/s1. The summed E-state index contributed by atoms with van der Waals surface area (Å²) >= 11 is 1.38. The van der Waals surface area contributed by atoms with Gasteiger partial charge < -0.3 is 20.0 Å². The first kappa shape index (κ1) is 19.8. The zero-order valence-corrected chi connectivity index (χ0v) is 16.6. The minimum Gasteiger partial charge on any atom is -0.452 e. The molecule has 2 aromatic carbocycles. The van der Waals surface area contributed by atoms with Crippen molar-refractivity contribution in [3.63, 3.8) is 0 Å². The molecule has 0 saturated heterocycles. The van der Waals surface area contributed by atoms with Gasteiger partial charge in [-0.15, -0.1) is 11.8 Å². The molecule has 0 aliphatic heterocycles. The van der Waals surface area contributed by atoms with Crippen LogP contribution < -0.4 is 11.0 Å². The maximum absolute atomic E-state index is 12.3. The van der Waals surface area contributed by atoms with Crippen LogP contribution in [0.15, 0.2) is 52.2 Å². The molecule has 1 heterocycles. The van der Waals surface area contributed by atoms with Crippen molar-refractivity contribution < 1.29 is 14.3 Å². The molecular weight excluding hydrogens is 378 g/mol. The lowest BCUT2D eigenvalue weighted by atomic mass is 10.2. The zero-order chi connectivity index (χ0) is 20.3. The van der Waals surface area contributed by atoms with Crippen molar-refractivity contribution >= 4 is 40.4 Å². The number of hydrogen-bond donors (Lipinski definition) is 3. The van der Waals surface area contributed by atoms with Crippen molar-refractivity contribution in [2.75, 3.05) is 5.32 Å². The van der Waals surface area contributed by atoms with Gasteiger partial charge in [-0.2, -0.15) is 0 Å². The van der Waals surface area contributed by atoms with E-state index in [1.165, 1.54) is 18.7 Å². The number of esters is 1. The first-order valence-electron chi connectivity index (χ1n) is 8.78. The Morgan fingerprint density at radius 3 is 2.43 bits per heavy atom. The molecular formula is C20H21N3O4S. The van der Waals surface area contributed by atoms with Crippen molar-refractivity contribution in [1.82, 2.24) is 9.97 Å². The van der Waals surface area contributed by atoms with Gasteiger partial charge in [0.2, 0.25) is 0 Å². The van der Waals surface area contributed by atoms with E-state index in [2.05, 4.69) is 15.3 Å². The van der Waals surface area contributed by atoms with Crippen molar-refractivity contribution in [2.45, 2.75) is 37.0 Å². The fourth-order valence-electron chi connectivity index (χ4n) is 2.55. The third-order valence-electron chi connectivity index (χ3n) is 4.11. The predicted octanol–water partition coefficient (Wildman–Crippen LogP) is 3.22. The first-order chi connectivity index (χ1) is 13.3. The Bertz CT molecular complexity index is 1060. The van der Waals surface area contributed by atoms with E-state index < -0.39 is 23.2 Å². The van der Waals surface area contributed by atoms with Crippen LogP contribution in [-0.4, -0.2) is 33.2 Å². The number of fused-ring (bicyclic) bond motifs is 1. The summed E-state index contributed by atoms with van der Waals surface area (Å²) in [5.41, 5.74) is 2.55. The minimum absolute atomic E-state index is 0.319. The molecule has 3 N–H and O–H groups in total. The summed E-state index contributed by atoms with van der Waals surface area (Å²) in [6.07, 6.45) is -0.950. The molecule has 0 spiro atoms. The molecule has 1 aromatic heterocycles. The normalized spacial score (nSPS) is 13.1. The lowest BCUT2D eigenvalue weighted by molar-refractivity contribution is -0.152. The van der Waals surface area contributed by atoms with E-state index in [4.69, 9.17) is 4.74 Å². The molecule has 1 amide bonds. The highest BCUT2D eigenvalue weighted by Crippen LogP contribution is 2.24. The summed E-state index contributed by atoms with van der Waals surface area (Å²) in [6.45, 7) is 5.26.